The third-order valence-corrected chi connectivity index (χ3v) is 18.3. The number of phosphoric acid groups is 2. The maximum atomic E-state index is 13.0. The quantitative estimate of drug-likeness (QED) is 0.0222. The Kier molecular flexibility index (Phi) is 63.3. The number of aliphatic hydroxyl groups excluding tert-OH is 1. The summed E-state index contributed by atoms with van der Waals surface area (Å²) in [6, 6.07) is 0. The minimum absolute atomic E-state index is 0.106. The summed E-state index contributed by atoms with van der Waals surface area (Å²) < 4.78 is 68.1. The fourth-order valence-corrected chi connectivity index (χ4v) is 12.3. The monoisotopic (exact) mass is 1310 g/mol. The summed E-state index contributed by atoms with van der Waals surface area (Å²) in [6.07, 6.45) is 52.9. The van der Waals surface area contributed by atoms with Gasteiger partial charge in [-0.15, -0.1) is 0 Å². The maximum Gasteiger partial charge on any atom is 0.472 e. The van der Waals surface area contributed by atoms with Gasteiger partial charge in [-0.1, -0.05) is 317 Å². The zero-order valence-electron chi connectivity index (χ0n) is 57.4. The molecule has 0 aliphatic carbocycles. The van der Waals surface area contributed by atoms with E-state index in [9.17, 15) is 43.2 Å². The number of aliphatic hydroxyl groups is 1. The molecule has 19 heteroatoms. The summed E-state index contributed by atoms with van der Waals surface area (Å²) >= 11 is 0. The SMILES string of the molecule is CCCCCCCCCCCCCCCCCCCCC(=O)O[C@H](COC(=O)CCCCCCCCCCCCCCCCC)COP(=O)(O)OC[C@@H](O)COP(=O)(O)OC[C@@H](COC(=O)CCCCCCCCC)OC(=O)CCCCCCCCCCC. The van der Waals surface area contributed by atoms with Crippen LogP contribution in [0.25, 0.3) is 0 Å². The molecule has 17 nitrogen and oxygen atoms in total. The van der Waals surface area contributed by atoms with Crippen molar-refractivity contribution in [3.05, 3.63) is 0 Å². The van der Waals surface area contributed by atoms with Crippen molar-refractivity contribution in [2.75, 3.05) is 39.6 Å². The first-order valence-corrected chi connectivity index (χ1v) is 39.8. The number of ether oxygens (including phenoxy) is 4. The van der Waals surface area contributed by atoms with E-state index in [0.29, 0.717) is 25.7 Å². The van der Waals surface area contributed by atoms with Crippen LogP contribution in [-0.2, 0) is 65.4 Å². The summed E-state index contributed by atoms with van der Waals surface area (Å²) in [7, 11) is -9.89. The normalized spacial score (nSPS) is 14.0. The van der Waals surface area contributed by atoms with Gasteiger partial charge in [0, 0.05) is 25.7 Å². The first-order chi connectivity index (χ1) is 43.2. The number of phosphoric ester groups is 2. The summed E-state index contributed by atoms with van der Waals surface area (Å²) in [5.74, 6) is -2.13. The molecule has 0 aliphatic rings. The van der Waals surface area contributed by atoms with E-state index in [1.54, 1.807) is 0 Å². The number of carbonyl (C=O) groups excluding carboxylic acids is 4. The van der Waals surface area contributed by atoms with Gasteiger partial charge in [0.1, 0.15) is 19.3 Å². The number of esters is 4. The van der Waals surface area contributed by atoms with E-state index in [0.717, 1.165) is 103 Å². The third kappa shape index (κ3) is 64.6. The van der Waals surface area contributed by atoms with Crippen LogP contribution in [-0.4, -0.2) is 96.7 Å². The van der Waals surface area contributed by atoms with Gasteiger partial charge in [0.05, 0.1) is 26.4 Å². The lowest BCUT2D eigenvalue weighted by Crippen LogP contribution is -2.30. The lowest BCUT2D eigenvalue weighted by molar-refractivity contribution is -0.161. The molecule has 0 fully saturated rings. The molecule has 0 aromatic rings. The van der Waals surface area contributed by atoms with E-state index in [1.165, 1.54) is 186 Å². The van der Waals surface area contributed by atoms with Crippen LogP contribution in [0.4, 0.5) is 0 Å². The lowest BCUT2D eigenvalue weighted by atomic mass is 10.0. The Morgan fingerprint density at radius 1 is 0.270 bits per heavy atom. The van der Waals surface area contributed by atoms with Crippen LogP contribution in [0, 0.1) is 0 Å². The molecule has 89 heavy (non-hydrogen) atoms. The summed E-state index contributed by atoms with van der Waals surface area (Å²) in [6.45, 7) is 4.89. The molecule has 2 unspecified atom stereocenters. The molecule has 528 valence electrons. The topological polar surface area (TPSA) is 237 Å². The summed E-state index contributed by atoms with van der Waals surface area (Å²) in [4.78, 5) is 72.3. The van der Waals surface area contributed by atoms with E-state index >= 15 is 0 Å². The first kappa shape index (κ1) is 87.1. The van der Waals surface area contributed by atoms with Crippen LogP contribution in [0.3, 0.4) is 0 Å². The molecular weight excluding hydrogens is 1170 g/mol. The van der Waals surface area contributed by atoms with Crippen LogP contribution in [0.5, 0.6) is 0 Å². The van der Waals surface area contributed by atoms with Crippen molar-refractivity contribution in [1.29, 1.82) is 0 Å². The van der Waals surface area contributed by atoms with Gasteiger partial charge in [-0.3, -0.25) is 37.3 Å². The second-order valence-electron chi connectivity index (χ2n) is 25.3. The molecule has 0 aromatic carbocycles. The van der Waals surface area contributed by atoms with Crippen LogP contribution >= 0.6 is 15.6 Å². The Labute approximate surface area is 543 Å². The van der Waals surface area contributed by atoms with Gasteiger partial charge in [0.25, 0.3) is 0 Å². The minimum atomic E-state index is -4.95. The molecular formula is C70H136O17P2. The van der Waals surface area contributed by atoms with E-state index in [2.05, 4.69) is 27.7 Å². The van der Waals surface area contributed by atoms with E-state index < -0.39 is 97.5 Å². The van der Waals surface area contributed by atoms with E-state index in [-0.39, 0.29) is 25.7 Å². The number of carbonyl (C=O) groups is 4. The molecule has 0 saturated heterocycles. The predicted molar refractivity (Wildman–Crippen MR) is 359 cm³/mol. The molecule has 5 atom stereocenters. The summed E-state index contributed by atoms with van der Waals surface area (Å²) in [5.41, 5.74) is 0. The second kappa shape index (κ2) is 64.8. The molecule has 3 N–H and O–H groups in total. The molecule has 0 amide bonds. The van der Waals surface area contributed by atoms with Gasteiger partial charge in [-0.05, 0) is 25.7 Å². The van der Waals surface area contributed by atoms with Crippen LogP contribution in [0.2, 0.25) is 0 Å². The number of rotatable bonds is 71. The summed E-state index contributed by atoms with van der Waals surface area (Å²) in [5, 5.41) is 10.6. The number of hydrogen-bond acceptors (Lipinski definition) is 15. The van der Waals surface area contributed by atoms with Crippen molar-refractivity contribution >= 4 is 39.5 Å². The Morgan fingerprint density at radius 3 is 0.663 bits per heavy atom. The Morgan fingerprint density at radius 2 is 0.449 bits per heavy atom. The molecule has 0 saturated carbocycles. The first-order valence-electron chi connectivity index (χ1n) is 36.8. The molecule has 0 spiro atoms. The Balaban J connectivity index is 5.17. The van der Waals surface area contributed by atoms with Crippen molar-refractivity contribution in [1.82, 2.24) is 0 Å². The van der Waals surface area contributed by atoms with Gasteiger partial charge in [0.2, 0.25) is 0 Å². The van der Waals surface area contributed by atoms with Crippen molar-refractivity contribution in [3.8, 4) is 0 Å². The van der Waals surface area contributed by atoms with Gasteiger partial charge in [-0.2, -0.15) is 0 Å². The fraction of sp³-hybridized carbons (Fsp3) is 0.943. The van der Waals surface area contributed by atoms with Crippen molar-refractivity contribution in [2.45, 2.75) is 386 Å². The third-order valence-electron chi connectivity index (χ3n) is 16.4. The van der Waals surface area contributed by atoms with Gasteiger partial charge in [-0.25, -0.2) is 9.13 Å². The molecule has 0 aromatic heterocycles. The van der Waals surface area contributed by atoms with E-state index in [4.69, 9.17) is 37.0 Å². The van der Waals surface area contributed by atoms with Gasteiger partial charge >= 0.3 is 39.5 Å². The largest absolute Gasteiger partial charge is 0.472 e. The van der Waals surface area contributed by atoms with Crippen molar-refractivity contribution < 1.29 is 80.2 Å². The van der Waals surface area contributed by atoms with Crippen molar-refractivity contribution in [2.24, 2.45) is 0 Å². The molecule has 0 aliphatic heterocycles. The molecule has 0 heterocycles. The molecule has 0 bridgehead atoms. The zero-order valence-corrected chi connectivity index (χ0v) is 59.2. The smallest absolute Gasteiger partial charge is 0.462 e. The standard InChI is InChI=1S/C70H136O17P2/c1-5-9-13-17-21-24-26-28-30-31-32-34-36-38-41-45-49-53-57-70(75)87-66(61-81-68(73)55-51-47-43-40-37-35-33-29-27-25-22-18-14-10-6-2)63-85-89(78,79)83-59-64(71)58-82-88(76,77)84-62-65(60-80-67(72)54-50-46-42-20-16-12-8-4)86-69(74)56-52-48-44-39-23-19-15-11-7-3/h64-66,71H,5-63H2,1-4H3,(H,76,77)(H,78,79)/t64-,65+,66+/m0/s1. The number of unbranched alkanes of at least 4 members (excludes halogenated alkanes) is 45. The highest BCUT2D eigenvalue weighted by molar-refractivity contribution is 7.47. The predicted octanol–water partition coefficient (Wildman–Crippen LogP) is 20.3. The fourth-order valence-electron chi connectivity index (χ4n) is 10.7. The zero-order chi connectivity index (χ0) is 65.4. The van der Waals surface area contributed by atoms with Crippen LogP contribution < -0.4 is 0 Å². The van der Waals surface area contributed by atoms with Gasteiger partial charge in [0.15, 0.2) is 12.2 Å². The minimum Gasteiger partial charge on any atom is -0.462 e. The van der Waals surface area contributed by atoms with Crippen LogP contribution in [0.15, 0.2) is 0 Å². The average Bonchev–Trinajstić information content (AvgIpc) is 3.67. The number of hydrogen-bond donors (Lipinski definition) is 3. The Bertz CT molecular complexity index is 1710. The highest BCUT2D eigenvalue weighted by Crippen LogP contribution is 2.45. The van der Waals surface area contributed by atoms with Crippen molar-refractivity contribution in [3.63, 3.8) is 0 Å². The highest BCUT2D eigenvalue weighted by atomic mass is 31.2. The maximum absolute atomic E-state index is 13.0. The molecule has 0 rings (SSSR count). The molecule has 0 radical (unpaired) electrons. The highest BCUT2D eigenvalue weighted by Gasteiger charge is 2.30. The van der Waals surface area contributed by atoms with Crippen LogP contribution in [0.1, 0.15) is 368 Å². The lowest BCUT2D eigenvalue weighted by Gasteiger charge is -2.21. The average molecular weight is 1310 g/mol. The second-order valence-corrected chi connectivity index (χ2v) is 28.2. The Hall–Kier alpha value is -1.94. The van der Waals surface area contributed by atoms with Gasteiger partial charge < -0.3 is 33.8 Å². The van der Waals surface area contributed by atoms with E-state index in [1.807, 2.05) is 0 Å².